The normalized spacial score (nSPS) is 15.1. The molecule has 1 aromatic heterocycles. The Bertz CT molecular complexity index is 779. The highest BCUT2D eigenvalue weighted by atomic mass is 35.5. The number of benzene rings is 1. The van der Waals surface area contributed by atoms with Crippen LogP contribution in [0.2, 0.25) is 0 Å². The molecule has 0 aliphatic carbocycles. The van der Waals surface area contributed by atoms with Crippen molar-refractivity contribution in [3.63, 3.8) is 0 Å². The standard InChI is InChI=1S/C19H27N5O2.ClH/c1-13-17(22-23-24(13)14-9-11-20-12-10-14)18(25)21-15-7-5-6-8-16(15)26-19(2,3)4;/h5-8,14,20H,9-12H2,1-4H3,(H,21,25);1H. The molecule has 0 radical (unpaired) electrons. The van der Waals surface area contributed by atoms with E-state index >= 15 is 0 Å². The Morgan fingerprint density at radius 3 is 2.59 bits per heavy atom. The molecule has 0 saturated carbocycles. The monoisotopic (exact) mass is 393 g/mol. The Balaban J connectivity index is 0.00000261. The molecule has 8 heteroatoms. The molecule has 1 aromatic carbocycles. The number of rotatable bonds is 4. The Kier molecular flexibility index (Phi) is 6.84. The van der Waals surface area contributed by atoms with Crippen LogP contribution in [0.4, 0.5) is 5.69 Å². The third-order valence-corrected chi connectivity index (χ3v) is 4.35. The van der Waals surface area contributed by atoms with Crippen molar-refractivity contribution >= 4 is 24.0 Å². The lowest BCUT2D eigenvalue weighted by Crippen LogP contribution is -2.30. The Morgan fingerprint density at radius 1 is 1.26 bits per heavy atom. The topological polar surface area (TPSA) is 81.1 Å². The van der Waals surface area contributed by atoms with Crippen molar-refractivity contribution in [3.05, 3.63) is 35.7 Å². The van der Waals surface area contributed by atoms with E-state index in [1.807, 2.05) is 56.6 Å². The van der Waals surface area contributed by atoms with Crippen molar-refractivity contribution in [2.45, 2.75) is 52.2 Å². The maximum atomic E-state index is 12.8. The Morgan fingerprint density at radius 2 is 1.93 bits per heavy atom. The summed E-state index contributed by atoms with van der Waals surface area (Å²) in [6.07, 6.45) is 1.99. The lowest BCUT2D eigenvalue weighted by Gasteiger charge is -2.23. The molecule has 1 aliphatic rings. The molecule has 3 rings (SSSR count). The van der Waals surface area contributed by atoms with Gasteiger partial charge in [0, 0.05) is 0 Å². The zero-order chi connectivity index (χ0) is 18.7. The van der Waals surface area contributed by atoms with Crippen LogP contribution in [-0.2, 0) is 0 Å². The number of aromatic nitrogens is 3. The highest BCUT2D eigenvalue weighted by molar-refractivity contribution is 6.04. The van der Waals surface area contributed by atoms with Crippen molar-refractivity contribution < 1.29 is 9.53 Å². The minimum absolute atomic E-state index is 0. The third kappa shape index (κ3) is 5.20. The van der Waals surface area contributed by atoms with Crippen molar-refractivity contribution in [3.8, 4) is 5.75 Å². The van der Waals surface area contributed by atoms with Crippen LogP contribution in [0.1, 0.15) is 55.8 Å². The van der Waals surface area contributed by atoms with Crippen LogP contribution in [-0.4, -0.2) is 39.6 Å². The summed E-state index contributed by atoms with van der Waals surface area (Å²) in [7, 11) is 0. The maximum Gasteiger partial charge on any atom is 0.278 e. The van der Waals surface area contributed by atoms with E-state index in [1.165, 1.54) is 0 Å². The fraction of sp³-hybridized carbons (Fsp3) is 0.526. The van der Waals surface area contributed by atoms with Gasteiger partial charge in [0.15, 0.2) is 5.69 Å². The van der Waals surface area contributed by atoms with E-state index in [4.69, 9.17) is 4.74 Å². The number of nitrogens with one attached hydrogen (secondary N) is 2. The molecule has 2 heterocycles. The van der Waals surface area contributed by atoms with Gasteiger partial charge in [0.25, 0.3) is 5.91 Å². The number of hydrogen-bond donors (Lipinski definition) is 2. The van der Waals surface area contributed by atoms with Crippen LogP contribution in [0.5, 0.6) is 5.75 Å². The minimum atomic E-state index is -0.352. The zero-order valence-electron chi connectivity index (χ0n) is 16.3. The quantitative estimate of drug-likeness (QED) is 0.832. The second-order valence-electron chi connectivity index (χ2n) is 7.61. The summed E-state index contributed by atoms with van der Waals surface area (Å²) >= 11 is 0. The van der Waals surface area contributed by atoms with Gasteiger partial charge in [-0.3, -0.25) is 4.79 Å². The Labute approximate surface area is 166 Å². The number of anilines is 1. The highest BCUT2D eigenvalue weighted by Crippen LogP contribution is 2.28. The first-order valence-corrected chi connectivity index (χ1v) is 9.07. The van der Waals surface area contributed by atoms with Crippen LogP contribution in [0.15, 0.2) is 24.3 Å². The van der Waals surface area contributed by atoms with Gasteiger partial charge in [-0.15, -0.1) is 17.5 Å². The van der Waals surface area contributed by atoms with Gasteiger partial charge in [-0.05, 0) is 65.8 Å². The summed E-state index contributed by atoms with van der Waals surface area (Å²) < 4.78 is 7.82. The van der Waals surface area contributed by atoms with E-state index in [2.05, 4.69) is 20.9 Å². The van der Waals surface area contributed by atoms with Crippen molar-refractivity contribution in [1.82, 2.24) is 20.3 Å². The zero-order valence-corrected chi connectivity index (χ0v) is 17.1. The van der Waals surface area contributed by atoms with E-state index in [1.54, 1.807) is 0 Å². The molecule has 1 amide bonds. The van der Waals surface area contributed by atoms with Gasteiger partial charge >= 0.3 is 0 Å². The molecule has 0 unspecified atom stereocenters. The summed E-state index contributed by atoms with van der Waals surface area (Å²) in [4.78, 5) is 12.8. The van der Waals surface area contributed by atoms with E-state index in [9.17, 15) is 4.79 Å². The second-order valence-corrected chi connectivity index (χ2v) is 7.61. The predicted octanol–water partition coefficient (Wildman–Crippen LogP) is 3.36. The molecule has 148 valence electrons. The van der Waals surface area contributed by atoms with Gasteiger partial charge < -0.3 is 15.4 Å². The van der Waals surface area contributed by atoms with Gasteiger partial charge in [-0.1, -0.05) is 17.3 Å². The molecular formula is C19H28ClN5O2. The molecule has 0 bridgehead atoms. The van der Waals surface area contributed by atoms with E-state index in [0.29, 0.717) is 23.2 Å². The average Bonchev–Trinajstić information content (AvgIpc) is 2.98. The van der Waals surface area contributed by atoms with E-state index in [0.717, 1.165) is 31.6 Å². The number of para-hydroxylation sites is 2. The smallest absolute Gasteiger partial charge is 0.278 e. The SMILES string of the molecule is Cc1c(C(=O)Nc2ccccc2OC(C)(C)C)nnn1C1CCNCC1.Cl. The van der Waals surface area contributed by atoms with Crippen LogP contribution >= 0.6 is 12.4 Å². The lowest BCUT2D eigenvalue weighted by atomic mass is 10.1. The first-order chi connectivity index (χ1) is 12.3. The molecule has 0 spiro atoms. The van der Waals surface area contributed by atoms with Crippen LogP contribution < -0.4 is 15.4 Å². The van der Waals surface area contributed by atoms with Gasteiger partial charge in [-0.25, -0.2) is 4.68 Å². The number of nitrogens with zero attached hydrogens (tertiary/aromatic N) is 3. The minimum Gasteiger partial charge on any atom is -0.486 e. The molecule has 1 aliphatic heterocycles. The van der Waals surface area contributed by atoms with Gasteiger partial charge in [-0.2, -0.15) is 0 Å². The largest absolute Gasteiger partial charge is 0.486 e. The summed E-state index contributed by atoms with van der Waals surface area (Å²) in [5.74, 6) is 0.365. The summed E-state index contributed by atoms with van der Waals surface area (Å²) in [5, 5.41) is 14.6. The number of halogens is 1. The second kappa shape index (κ2) is 8.71. The molecule has 1 fully saturated rings. The lowest BCUT2D eigenvalue weighted by molar-refractivity contribution is 0.101. The predicted molar refractivity (Wildman–Crippen MR) is 108 cm³/mol. The van der Waals surface area contributed by atoms with Crippen LogP contribution in [0, 0.1) is 6.92 Å². The summed E-state index contributed by atoms with van der Waals surface area (Å²) in [5.41, 5.74) is 1.43. The fourth-order valence-electron chi connectivity index (χ4n) is 3.12. The highest BCUT2D eigenvalue weighted by Gasteiger charge is 2.24. The van der Waals surface area contributed by atoms with E-state index in [-0.39, 0.29) is 23.9 Å². The van der Waals surface area contributed by atoms with Crippen LogP contribution in [0.3, 0.4) is 0 Å². The molecule has 7 nitrogen and oxygen atoms in total. The number of ether oxygens (including phenoxy) is 1. The number of amides is 1. The Hall–Kier alpha value is -2.12. The fourth-order valence-corrected chi connectivity index (χ4v) is 3.12. The summed E-state index contributed by atoms with van der Waals surface area (Å²) in [6, 6.07) is 7.71. The number of carbonyl (C=O) groups is 1. The van der Waals surface area contributed by atoms with Crippen molar-refractivity contribution in [2.24, 2.45) is 0 Å². The van der Waals surface area contributed by atoms with Crippen molar-refractivity contribution in [2.75, 3.05) is 18.4 Å². The maximum absolute atomic E-state index is 12.8. The van der Waals surface area contributed by atoms with Crippen LogP contribution in [0.25, 0.3) is 0 Å². The molecule has 0 atom stereocenters. The average molecular weight is 394 g/mol. The molecular weight excluding hydrogens is 366 g/mol. The van der Waals surface area contributed by atoms with E-state index < -0.39 is 0 Å². The first kappa shape index (κ1) is 21.2. The number of hydrogen-bond acceptors (Lipinski definition) is 5. The molecule has 1 saturated heterocycles. The van der Waals surface area contributed by atoms with Gasteiger partial charge in [0.05, 0.1) is 17.4 Å². The van der Waals surface area contributed by atoms with Crippen molar-refractivity contribution in [1.29, 1.82) is 0 Å². The summed E-state index contributed by atoms with van der Waals surface area (Å²) in [6.45, 7) is 9.74. The molecule has 2 N–H and O–H groups in total. The number of carbonyl (C=O) groups excluding carboxylic acids is 1. The van der Waals surface area contributed by atoms with Gasteiger partial charge in [0.1, 0.15) is 11.4 Å². The molecule has 2 aromatic rings. The molecule has 27 heavy (non-hydrogen) atoms. The van der Waals surface area contributed by atoms with Gasteiger partial charge in [0.2, 0.25) is 0 Å². The first-order valence-electron chi connectivity index (χ1n) is 9.07. The number of piperidine rings is 1. The third-order valence-electron chi connectivity index (χ3n) is 4.35.